The number of thiophene rings is 1. The molecule has 0 saturated heterocycles. The van der Waals surface area contributed by atoms with Gasteiger partial charge in [-0.05, 0) is 61.9 Å². The number of carbonyl (C=O) groups excluding carboxylic acids is 2. The summed E-state index contributed by atoms with van der Waals surface area (Å²) in [5.41, 5.74) is 3.74. The first-order valence-electron chi connectivity index (χ1n) is 9.48. The molecule has 1 amide bonds. The van der Waals surface area contributed by atoms with E-state index >= 15 is 0 Å². The molecular weight excluding hydrogens is 390 g/mol. The zero-order valence-corrected chi connectivity index (χ0v) is 17.1. The Morgan fingerprint density at radius 1 is 1.29 bits per heavy atom. The number of benzene rings is 1. The van der Waals surface area contributed by atoms with Crippen LogP contribution in [0.15, 0.2) is 29.6 Å². The van der Waals surface area contributed by atoms with Crippen molar-refractivity contribution in [3.8, 4) is 0 Å². The summed E-state index contributed by atoms with van der Waals surface area (Å²) in [6, 6.07) is 5.47. The number of aromatic nitrogens is 2. The van der Waals surface area contributed by atoms with E-state index in [4.69, 9.17) is 0 Å². The third-order valence-electron chi connectivity index (χ3n) is 5.55. The maximum absolute atomic E-state index is 12.8. The molecule has 1 aromatic carbocycles. The number of fused-ring (bicyclic) bond motifs is 4. The van der Waals surface area contributed by atoms with E-state index in [2.05, 4.69) is 15.3 Å². The molecule has 1 aliphatic heterocycles. The molecule has 28 heavy (non-hydrogen) atoms. The number of ketones is 1. The summed E-state index contributed by atoms with van der Waals surface area (Å²) < 4.78 is 0. The third-order valence-corrected chi connectivity index (χ3v) is 7.74. The van der Waals surface area contributed by atoms with Crippen molar-refractivity contribution >= 4 is 50.7 Å². The second kappa shape index (κ2) is 6.97. The SMILES string of the molecule is C[C@H]1C(=O)Nc2ccc(C(=O)CSc3ncnc4sc5c(c34)CCCC5)cc21. The number of aryl methyl sites for hydroxylation is 2. The molecule has 3 heterocycles. The minimum Gasteiger partial charge on any atom is -0.325 e. The van der Waals surface area contributed by atoms with Crippen LogP contribution in [0, 0.1) is 0 Å². The quantitative estimate of drug-likeness (QED) is 0.387. The van der Waals surface area contributed by atoms with Crippen molar-refractivity contribution in [2.75, 3.05) is 11.1 Å². The Kier molecular flexibility index (Phi) is 4.44. The number of thioether (sulfide) groups is 1. The van der Waals surface area contributed by atoms with Gasteiger partial charge in [-0.15, -0.1) is 11.3 Å². The van der Waals surface area contributed by atoms with Gasteiger partial charge < -0.3 is 5.32 Å². The van der Waals surface area contributed by atoms with Gasteiger partial charge in [0.15, 0.2) is 5.78 Å². The van der Waals surface area contributed by atoms with E-state index < -0.39 is 0 Å². The van der Waals surface area contributed by atoms with Gasteiger partial charge in [-0.3, -0.25) is 9.59 Å². The number of hydrogen-bond donors (Lipinski definition) is 1. The van der Waals surface area contributed by atoms with Crippen LogP contribution in [0.4, 0.5) is 5.69 Å². The van der Waals surface area contributed by atoms with Crippen molar-refractivity contribution in [2.45, 2.75) is 43.6 Å². The number of anilines is 1. The smallest absolute Gasteiger partial charge is 0.231 e. The molecule has 2 aliphatic rings. The Morgan fingerprint density at radius 2 is 2.14 bits per heavy atom. The lowest BCUT2D eigenvalue weighted by Crippen LogP contribution is -2.08. The topological polar surface area (TPSA) is 72.0 Å². The molecule has 0 fully saturated rings. The Balaban J connectivity index is 1.39. The third kappa shape index (κ3) is 2.93. The lowest BCUT2D eigenvalue weighted by atomic mass is 9.97. The molecule has 3 aromatic rings. The van der Waals surface area contributed by atoms with Crippen LogP contribution in [-0.2, 0) is 17.6 Å². The summed E-state index contributed by atoms with van der Waals surface area (Å²) in [4.78, 5) is 36.0. The van der Waals surface area contributed by atoms with Crippen LogP contribution >= 0.6 is 23.1 Å². The lowest BCUT2D eigenvalue weighted by Gasteiger charge is -2.11. The van der Waals surface area contributed by atoms with Gasteiger partial charge >= 0.3 is 0 Å². The molecule has 0 bridgehead atoms. The van der Waals surface area contributed by atoms with Gasteiger partial charge in [0.25, 0.3) is 0 Å². The van der Waals surface area contributed by atoms with E-state index in [-0.39, 0.29) is 17.6 Å². The molecule has 7 heteroatoms. The van der Waals surface area contributed by atoms with Crippen molar-refractivity contribution in [3.05, 3.63) is 46.1 Å². The van der Waals surface area contributed by atoms with E-state index in [1.807, 2.05) is 19.1 Å². The Bertz CT molecular complexity index is 1120. The van der Waals surface area contributed by atoms with E-state index in [1.54, 1.807) is 23.7 Å². The predicted octanol–water partition coefficient (Wildman–Crippen LogP) is 4.60. The van der Waals surface area contributed by atoms with Crippen LogP contribution in [-0.4, -0.2) is 27.4 Å². The van der Waals surface area contributed by atoms with Gasteiger partial charge in [0.2, 0.25) is 5.91 Å². The number of hydrogen-bond acceptors (Lipinski definition) is 6. The minimum atomic E-state index is -0.214. The second-order valence-corrected chi connectivity index (χ2v) is 9.34. The van der Waals surface area contributed by atoms with Crippen LogP contribution in [0.2, 0.25) is 0 Å². The lowest BCUT2D eigenvalue weighted by molar-refractivity contribution is -0.116. The average molecular weight is 410 g/mol. The fraction of sp³-hybridized carbons (Fsp3) is 0.333. The van der Waals surface area contributed by atoms with Gasteiger partial charge in [0.05, 0.1) is 11.7 Å². The highest BCUT2D eigenvalue weighted by atomic mass is 32.2. The molecule has 142 valence electrons. The van der Waals surface area contributed by atoms with E-state index in [9.17, 15) is 9.59 Å². The van der Waals surface area contributed by atoms with Gasteiger partial charge in [-0.1, -0.05) is 11.8 Å². The van der Waals surface area contributed by atoms with Crippen molar-refractivity contribution < 1.29 is 9.59 Å². The maximum atomic E-state index is 12.8. The first-order valence-corrected chi connectivity index (χ1v) is 11.3. The monoisotopic (exact) mass is 409 g/mol. The summed E-state index contributed by atoms with van der Waals surface area (Å²) in [5.74, 6) is 0.148. The Hall–Kier alpha value is -2.25. The Morgan fingerprint density at radius 3 is 3.04 bits per heavy atom. The summed E-state index contributed by atoms with van der Waals surface area (Å²) in [6.45, 7) is 1.86. The van der Waals surface area contributed by atoms with Crippen LogP contribution in [0.25, 0.3) is 10.2 Å². The second-order valence-electron chi connectivity index (χ2n) is 7.29. The van der Waals surface area contributed by atoms with Crippen LogP contribution in [0.5, 0.6) is 0 Å². The van der Waals surface area contributed by atoms with Gasteiger partial charge in [0.1, 0.15) is 16.2 Å². The molecule has 1 aliphatic carbocycles. The van der Waals surface area contributed by atoms with Crippen molar-refractivity contribution in [1.82, 2.24) is 9.97 Å². The minimum absolute atomic E-state index is 0.0143. The molecule has 1 N–H and O–H groups in total. The zero-order chi connectivity index (χ0) is 19.3. The van der Waals surface area contributed by atoms with Crippen molar-refractivity contribution in [2.24, 2.45) is 0 Å². The zero-order valence-electron chi connectivity index (χ0n) is 15.4. The number of carbonyl (C=O) groups is 2. The first kappa shape index (κ1) is 17.8. The molecular formula is C21H19N3O2S2. The van der Waals surface area contributed by atoms with Gasteiger partial charge in [0, 0.05) is 21.5 Å². The van der Waals surface area contributed by atoms with Crippen molar-refractivity contribution in [3.63, 3.8) is 0 Å². The average Bonchev–Trinajstić information content (AvgIpc) is 3.23. The molecule has 0 spiro atoms. The summed E-state index contributed by atoms with van der Waals surface area (Å²) >= 11 is 3.26. The molecule has 2 aromatic heterocycles. The largest absolute Gasteiger partial charge is 0.325 e. The fourth-order valence-corrected chi connectivity index (χ4v) is 6.19. The normalized spacial score (nSPS) is 18.0. The molecule has 5 rings (SSSR count). The van der Waals surface area contributed by atoms with E-state index in [0.29, 0.717) is 11.3 Å². The number of Topliss-reactive ketones (excluding diaryl/α,β-unsaturated/α-hetero) is 1. The summed E-state index contributed by atoms with van der Waals surface area (Å²) in [7, 11) is 0. The number of nitrogens with one attached hydrogen (secondary N) is 1. The molecule has 1 atom stereocenters. The van der Waals surface area contributed by atoms with Gasteiger partial charge in [-0.25, -0.2) is 9.97 Å². The molecule has 5 nitrogen and oxygen atoms in total. The van der Waals surface area contributed by atoms with Crippen LogP contribution < -0.4 is 5.32 Å². The van der Waals surface area contributed by atoms with Crippen LogP contribution in [0.1, 0.15) is 52.0 Å². The number of nitrogens with zero attached hydrogens (tertiary/aromatic N) is 2. The van der Waals surface area contributed by atoms with E-state index in [0.717, 1.165) is 39.3 Å². The highest BCUT2D eigenvalue weighted by Gasteiger charge is 2.27. The Labute approximate surface area is 171 Å². The van der Waals surface area contributed by atoms with Crippen molar-refractivity contribution in [1.29, 1.82) is 0 Å². The standard InChI is InChI=1S/C21H19N3O2S2/c1-11-14-8-12(6-7-15(14)24-19(11)26)16(25)9-27-20-18-13-4-2-3-5-17(13)28-21(18)23-10-22-20/h6-8,10-11H,2-5,9H2,1H3,(H,24,26)/t11-/m1/s1. The van der Waals surface area contributed by atoms with Crippen LogP contribution in [0.3, 0.4) is 0 Å². The predicted molar refractivity (Wildman–Crippen MR) is 113 cm³/mol. The fourth-order valence-electron chi connectivity index (χ4n) is 3.98. The molecule has 0 saturated carbocycles. The number of amides is 1. The summed E-state index contributed by atoms with van der Waals surface area (Å²) in [6.07, 6.45) is 6.25. The maximum Gasteiger partial charge on any atom is 0.231 e. The first-order chi connectivity index (χ1) is 13.6. The summed E-state index contributed by atoms with van der Waals surface area (Å²) in [5, 5.41) is 4.90. The molecule has 0 radical (unpaired) electrons. The highest BCUT2D eigenvalue weighted by Crippen LogP contribution is 2.39. The highest BCUT2D eigenvalue weighted by molar-refractivity contribution is 8.00. The molecule has 0 unspecified atom stereocenters. The van der Waals surface area contributed by atoms with E-state index in [1.165, 1.54) is 35.0 Å². The number of rotatable bonds is 4. The van der Waals surface area contributed by atoms with Gasteiger partial charge in [-0.2, -0.15) is 0 Å².